The van der Waals surface area contributed by atoms with Gasteiger partial charge >= 0.3 is 0 Å². The minimum absolute atomic E-state index is 0.0884. The van der Waals surface area contributed by atoms with E-state index in [0.29, 0.717) is 6.54 Å². The molecule has 20 heavy (non-hydrogen) atoms. The number of nitrogens with zero attached hydrogens (tertiary/aromatic N) is 1. The number of nitrogens with one attached hydrogen (secondary N) is 1. The fraction of sp³-hybridized carbons (Fsp3) is 0.500. The quantitative estimate of drug-likeness (QED) is 0.811. The van der Waals surface area contributed by atoms with Gasteiger partial charge in [-0.2, -0.15) is 0 Å². The molecular weight excluding hydrogens is 252 g/mol. The molecule has 4 nitrogen and oxygen atoms in total. The highest BCUT2D eigenvalue weighted by Crippen LogP contribution is 2.19. The van der Waals surface area contributed by atoms with Gasteiger partial charge in [0.1, 0.15) is 6.04 Å². The summed E-state index contributed by atoms with van der Waals surface area (Å²) in [6.07, 6.45) is 3.71. The Morgan fingerprint density at radius 2 is 1.90 bits per heavy atom. The van der Waals surface area contributed by atoms with E-state index in [1.54, 1.807) is 0 Å². The van der Waals surface area contributed by atoms with E-state index in [9.17, 15) is 9.59 Å². The number of carbonyl (C=O) groups is 2. The maximum atomic E-state index is 12.0. The molecule has 1 aromatic carbocycles. The lowest BCUT2D eigenvalue weighted by atomic mass is 10.1. The highest BCUT2D eigenvalue weighted by Gasteiger charge is 2.37. The van der Waals surface area contributed by atoms with Crippen molar-refractivity contribution in [1.82, 2.24) is 4.90 Å². The topological polar surface area (TPSA) is 49.4 Å². The molecule has 1 fully saturated rings. The predicted molar refractivity (Wildman–Crippen MR) is 79.5 cm³/mol. The molecule has 1 aliphatic rings. The van der Waals surface area contributed by atoms with Crippen molar-refractivity contribution < 1.29 is 9.59 Å². The van der Waals surface area contributed by atoms with Crippen molar-refractivity contribution in [3.05, 3.63) is 29.8 Å². The van der Waals surface area contributed by atoms with Crippen molar-refractivity contribution in [2.45, 2.75) is 45.6 Å². The third-order valence-corrected chi connectivity index (χ3v) is 3.67. The number of imide groups is 1. The summed E-state index contributed by atoms with van der Waals surface area (Å²) < 4.78 is 0. The van der Waals surface area contributed by atoms with Gasteiger partial charge in [-0.15, -0.1) is 0 Å². The average Bonchev–Trinajstić information content (AvgIpc) is 2.72. The van der Waals surface area contributed by atoms with Gasteiger partial charge in [0.15, 0.2) is 0 Å². The number of aryl methyl sites for hydroxylation is 1. The fourth-order valence-electron chi connectivity index (χ4n) is 2.48. The van der Waals surface area contributed by atoms with E-state index in [2.05, 4.69) is 24.4 Å². The Labute approximate surface area is 120 Å². The number of amides is 2. The maximum absolute atomic E-state index is 12.0. The molecule has 108 valence electrons. The smallest absolute Gasteiger partial charge is 0.252 e. The highest BCUT2D eigenvalue weighted by atomic mass is 16.2. The molecule has 1 N–H and O–H groups in total. The van der Waals surface area contributed by atoms with Crippen LogP contribution in [0.1, 0.15) is 38.7 Å². The van der Waals surface area contributed by atoms with E-state index >= 15 is 0 Å². The van der Waals surface area contributed by atoms with Crippen molar-refractivity contribution in [2.24, 2.45) is 0 Å². The molecule has 0 radical (unpaired) electrons. The van der Waals surface area contributed by atoms with Crippen molar-refractivity contribution >= 4 is 17.5 Å². The van der Waals surface area contributed by atoms with E-state index in [1.807, 2.05) is 19.1 Å². The SMILES string of the molecule is CCCCc1ccc(NC2CC(=O)N(CC)C2=O)cc1. The normalized spacial score (nSPS) is 18.7. The standard InChI is InChI=1S/C16H22N2O2/c1-3-5-6-12-7-9-13(10-8-12)17-14-11-15(19)18(4-2)16(14)20/h7-10,14,17H,3-6,11H2,1-2H3. The van der Waals surface area contributed by atoms with Crippen LogP contribution in [0.15, 0.2) is 24.3 Å². The molecule has 1 heterocycles. The van der Waals surface area contributed by atoms with E-state index in [0.717, 1.165) is 12.1 Å². The first-order valence-electron chi connectivity index (χ1n) is 7.35. The number of likely N-dealkylation sites (N-methyl/N-ethyl adjacent to an activating group) is 1. The summed E-state index contributed by atoms with van der Waals surface area (Å²) >= 11 is 0. The van der Waals surface area contributed by atoms with Gasteiger partial charge in [-0.3, -0.25) is 14.5 Å². The molecule has 1 aliphatic heterocycles. The number of hydrogen-bond donors (Lipinski definition) is 1. The number of likely N-dealkylation sites (tertiary alicyclic amines) is 1. The molecule has 1 unspecified atom stereocenters. The number of rotatable bonds is 6. The predicted octanol–water partition coefficient (Wildman–Crippen LogP) is 2.59. The second-order valence-corrected chi connectivity index (χ2v) is 5.18. The van der Waals surface area contributed by atoms with Crippen LogP contribution >= 0.6 is 0 Å². The summed E-state index contributed by atoms with van der Waals surface area (Å²) in [5.41, 5.74) is 2.20. The Balaban J connectivity index is 1.97. The average molecular weight is 274 g/mol. The van der Waals surface area contributed by atoms with Gasteiger partial charge in [0.05, 0.1) is 6.42 Å². The monoisotopic (exact) mass is 274 g/mol. The largest absolute Gasteiger partial charge is 0.373 e. The Morgan fingerprint density at radius 1 is 1.20 bits per heavy atom. The molecule has 1 atom stereocenters. The molecule has 0 aromatic heterocycles. The molecule has 1 aromatic rings. The number of benzene rings is 1. The zero-order chi connectivity index (χ0) is 14.5. The van der Waals surface area contributed by atoms with E-state index in [-0.39, 0.29) is 18.2 Å². The maximum Gasteiger partial charge on any atom is 0.252 e. The van der Waals surface area contributed by atoms with Crippen molar-refractivity contribution in [3.8, 4) is 0 Å². The Morgan fingerprint density at radius 3 is 2.45 bits per heavy atom. The first kappa shape index (κ1) is 14.6. The van der Waals surface area contributed by atoms with Crippen LogP contribution in [0.2, 0.25) is 0 Å². The van der Waals surface area contributed by atoms with Crippen LogP contribution in [0, 0.1) is 0 Å². The zero-order valence-corrected chi connectivity index (χ0v) is 12.2. The van der Waals surface area contributed by atoms with E-state index in [1.165, 1.54) is 23.3 Å². The summed E-state index contributed by atoms with van der Waals surface area (Å²) in [5, 5.41) is 3.16. The van der Waals surface area contributed by atoms with Crippen LogP contribution in [0.4, 0.5) is 5.69 Å². The molecule has 0 bridgehead atoms. The summed E-state index contributed by atoms with van der Waals surface area (Å²) in [7, 11) is 0. The van der Waals surface area contributed by atoms with Crippen LogP contribution < -0.4 is 5.32 Å². The second kappa shape index (κ2) is 6.55. The molecule has 2 rings (SSSR count). The fourth-order valence-corrected chi connectivity index (χ4v) is 2.48. The van der Waals surface area contributed by atoms with Crippen LogP contribution in [0.5, 0.6) is 0 Å². The van der Waals surface area contributed by atoms with Gasteiger partial charge in [-0.05, 0) is 37.5 Å². The summed E-state index contributed by atoms with van der Waals surface area (Å²) in [6, 6.07) is 7.71. The zero-order valence-electron chi connectivity index (χ0n) is 12.2. The number of unbranched alkanes of at least 4 members (excludes halogenated alkanes) is 1. The summed E-state index contributed by atoms with van der Waals surface area (Å²) in [4.78, 5) is 25.0. The molecule has 0 aliphatic carbocycles. The van der Waals surface area contributed by atoms with Gasteiger partial charge in [0.25, 0.3) is 5.91 Å². The van der Waals surface area contributed by atoms with Crippen molar-refractivity contribution in [2.75, 3.05) is 11.9 Å². The van der Waals surface area contributed by atoms with Crippen LogP contribution in [0.3, 0.4) is 0 Å². The third kappa shape index (κ3) is 3.18. The lowest BCUT2D eigenvalue weighted by Gasteiger charge is -2.14. The Bertz CT molecular complexity index is 482. The third-order valence-electron chi connectivity index (χ3n) is 3.67. The number of carbonyl (C=O) groups excluding carboxylic acids is 2. The second-order valence-electron chi connectivity index (χ2n) is 5.18. The van der Waals surface area contributed by atoms with Gasteiger partial charge < -0.3 is 5.32 Å². The first-order valence-corrected chi connectivity index (χ1v) is 7.35. The minimum atomic E-state index is -0.413. The lowest BCUT2D eigenvalue weighted by Crippen LogP contribution is -2.34. The molecule has 0 saturated carbocycles. The van der Waals surface area contributed by atoms with E-state index in [4.69, 9.17) is 0 Å². The summed E-state index contributed by atoms with van der Waals surface area (Å²) in [5.74, 6) is -0.206. The van der Waals surface area contributed by atoms with Crippen LogP contribution in [-0.2, 0) is 16.0 Å². The van der Waals surface area contributed by atoms with Gasteiger partial charge in [0, 0.05) is 12.2 Å². The number of anilines is 1. The van der Waals surface area contributed by atoms with Gasteiger partial charge in [-0.1, -0.05) is 25.5 Å². The summed E-state index contributed by atoms with van der Waals surface area (Å²) in [6.45, 7) is 4.45. The lowest BCUT2D eigenvalue weighted by molar-refractivity contribution is -0.138. The molecule has 2 amide bonds. The Kier molecular flexibility index (Phi) is 4.77. The molecule has 0 spiro atoms. The first-order chi connectivity index (χ1) is 9.65. The molecule has 1 saturated heterocycles. The van der Waals surface area contributed by atoms with Crippen LogP contribution in [-0.4, -0.2) is 29.3 Å². The molecular formula is C16H22N2O2. The Hall–Kier alpha value is -1.84. The van der Waals surface area contributed by atoms with Gasteiger partial charge in [0.2, 0.25) is 5.91 Å². The van der Waals surface area contributed by atoms with Crippen molar-refractivity contribution in [3.63, 3.8) is 0 Å². The number of hydrogen-bond acceptors (Lipinski definition) is 3. The molecule has 4 heteroatoms. The highest BCUT2D eigenvalue weighted by molar-refractivity contribution is 6.06. The minimum Gasteiger partial charge on any atom is -0.373 e. The van der Waals surface area contributed by atoms with Gasteiger partial charge in [-0.25, -0.2) is 0 Å². The van der Waals surface area contributed by atoms with Crippen molar-refractivity contribution in [1.29, 1.82) is 0 Å². The van der Waals surface area contributed by atoms with Crippen LogP contribution in [0.25, 0.3) is 0 Å². The van der Waals surface area contributed by atoms with E-state index < -0.39 is 6.04 Å².